The third-order valence-corrected chi connectivity index (χ3v) is 7.21. The van der Waals surface area contributed by atoms with E-state index in [1.807, 2.05) is 18.7 Å². The lowest BCUT2D eigenvalue weighted by atomic mass is 10.1. The minimum absolute atomic E-state index is 0.0358. The van der Waals surface area contributed by atoms with Gasteiger partial charge >= 0.3 is 6.36 Å². The summed E-state index contributed by atoms with van der Waals surface area (Å²) in [6.45, 7) is 5.52. The van der Waals surface area contributed by atoms with Crippen molar-refractivity contribution in [2.75, 3.05) is 29.4 Å². The fourth-order valence-corrected chi connectivity index (χ4v) is 5.23. The summed E-state index contributed by atoms with van der Waals surface area (Å²) >= 11 is 0. The highest BCUT2D eigenvalue weighted by molar-refractivity contribution is 5.94. The van der Waals surface area contributed by atoms with Gasteiger partial charge in [0.2, 0.25) is 0 Å². The van der Waals surface area contributed by atoms with Crippen molar-refractivity contribution in [3.8, 4) is 11.8 Å². The first-order valence-corrected chi connectivity index (χ1v) is 13.4. The summed E-state index contributed by atoms with van der Waals surface area (Å²) in [4.78, 5) is 21.6. The normalized spacial score (nSPS) is 15.5. The minimum Gasteiger partial charge on any atom is -0.406 e. The number of rotatable bonds is 7. The molecule has 2 aromatic carbocycles. The van der Waals surface area contributed by atoms with Crippen molar-refractivity contribution in [3.63, 3.8) is 0 Å². The number of nitriles is 1. The Bertz CT molecular complexity index is 1640. The number of ether oxygens (including phenoxy) is 1. The summed E-state index contributed by atoms with van der Waals surface area (Å²) in [6.07, 6.45) is -2.65. The molecule has 5 rings (SSSR count). The van der Waals surface area contributed by atoms with Gasteiger partial charge in [0.25, 0.3) is 5.91 Å². The van der Waals surface area contributed by atoms with Crippen LogP contribution in [0.25, 0.3) is 5.65 Å². The van der Waals surface area contributed by atoms with Gasteiger partial charge < -0.3 is 19.9 Å². The van der Waals surface area contributed by atoms with E-state index >= 15 is 4.39 Å². The number of aryl methyl sites for hydroxylation is 1. The van der Waals surface area contributed by atoms with Crippen molar-refractivity contribution >= 4 is 22.9 Å². The molecule has 12 heteroatoms. The Kier molecular flexibility index (Phi) is 7.93. The molecule has 1 amide bonds. The van der Waals surface area contributed by atoms with E-state index in [9.17, 15) is 23.2 Å². The van der Waals surface area contributed by atoms with Crippen LogP contribution in [0.4, 0.5) is 28.9 Å². The number of carbonyl (C=O) groups is 1. The number of amides is 1. The summed E-state index contributed by atoms with van der Waals surface area (Å²) in [5.74, 6) is -1.07. The van der Waals surface area contributed by atoms with Crippen molar-refractivity contribution in [2.45, 2.75) is 39.2 Å². The number of aromatic nitrogens is 2. The van der Waals surface area contributed by atoms with E-state index in [1.54, 1.807) is 47.0 Å². The number of hydrogen-bond acceptors (Lipinski definition) is 6. The predicted octanol–water partition coefficient (Wildman–Crippen LogP) is 5.45. The molecule has 1 saturated heterocycles. The maximum Gasteiger partial charge on any atom is 0.573 e. The molecule has 1 aliphatic heterocycles. The SMILES string of the molecule is CCc1nc2ccc(C#N)cn2c1C(=O)NCc1ccc(N2CCN(c3ccc(OC(F)(F)F)cc3)[C@@H](C)C2)c(F)c1. The second-order valence-electron chi connectivity index (χ2n) is 10.0. The summed E-state index contributed by atoms with van der Waals surface area (Å²) in [5.41, 5.74) is 3.68. The molecule has 218 valence electrons. The zero-order valence-corrected chi connectivity index (χ0v) is 23.0. The van der Waals surface area contributed by atoms with Gasteiger partial charge in [-0.3, -0.25) is 9.20 Å². The number of hydrogen-bond donors (Lipinski definition) is 1. The van der Waals surface area contributed by atoms with Crippen LogP contribution in [0.3, 0.4) is 0 Å². The molecule has 4 aromatic rings. The average molecular weight is 581 g/mol. The van der Waals surface area contributed by atoms with Crippen LogP contribution < -0.4 is 19.9 Å². The van der Waals surface area contributed by atoms with Gasteiger partial charge in [-0.05, 0) is 67.4 Å². The van der Waals surface area contributed by atoms with Crippen LogP contribution in [-0.2, 0) is 13.0 Å². The standard InChI is InChI=1S/C30H28F4N6O2/c1-3-25-28(40-18-21(15-35)5-11-27(40)37-25)29(41)36-16-20-4-10-26(24(31)14-20)38-12-13-39(19(2)17-38)22-6-8-23(9-7-22)42-30(32,33)34/h4-11,14,18-19H,3,12-13,16-17H2,1-2H3,(H,36,41)/t19-/m0/s1. The molecule has 0 aliphatic carbocycles. The molecule has 0 saturated carbocycles. The number of halogens is 4. The molecule has 0 unspecified atom stereocenters. The molecular formula is C30H28F4N6O2. The van der Waals surface area contributed by atoms with Crippen molar-refractivity contribution in [1.82, 2.24) is 14.7 Å². The average Bonchev–Trinajstić information content (AvgIpc) is 3.33. The van der Waals surface area contributed by atoms with E-state index < -0.39 is 12.2 Å². The van der Waals surface area contributed by atoms with E-state index in [4.69, 9.17) is 0 Å². The van der Waals surface area contributed by atoms with Crippen molar-refractivity contribution in [3.05, 3.63) is 89.1 Å². The van der Waals surface area contributed by atoms with Crippen LogP contribution in [0.5, 0.6) is 5.75 Å². The van der Waals surface area contributed by atoms with Gasteiger partial charge in [-0.2, -0.15) is 5.26 Å². The van der Waals surface area contributed by atoms with Crippen LogP contribution in [0, 0.1) is 17.1 Å². The van der Waals surface area contributed by atoms with Gasteiger partial charge in [-0.15, -0.1) is 13.2 Å². The summed E-state index contributed by atoms with van der Waals surface area (Å²) < 4.78 is 58.2. The Morgan fingerprint density at radius 3 is 2.55 bits per heavy atom. The molecule has 3 heterocycles. The second-order valence-corrected chi connectivity index (χ2v) is 10.0. The van der Waals surface area contributed by atoms with Crippen molar-refractivity contribution in [2.24, 2.45) is 0 Å². The topological polar surface area (TPSA) is 85.9 Å². The number of carbonyl (C=O) groups excluding carboxylic acids is 1. The summed E-state index contributed by atoms with van der Waals surface area (Å²) in [7, 11) is 0. The molecule has 0 bridgehead atoms. The zero-order valence-electron chi connectivity index (χ0n) is 23.0. The maximum absolute atomic E-state index is 15.3. The Labute approximate surface area is 239 Å². The molecule has 1 atom stereocenters. The van der Waals surface area contributed by atoms with Gasteiger partial charge in [-0.1, -0.05) is 13.0 Å². The number of piperazine rings is 1. The Hall–Kier alpha value is -4.79. The van der Waals surface area contributed by atoms with E-state index in [-0.39, 0.29) is 24.2 Å². The van der Waals surface area contributed by atoms with Crippen molar-refractivity contribution < 1.29 is 27.1 Å². The number of nitrogens with zero attached hydrogens (tertiary/aromatic N) is 5. The molecule has 2 aromatic heterocycles. The maximum atomic E-state index is 15.3. The van der Waals surface area contributed by atoms with E-state index in [1.165, 1.54) is 18.2 Å². The lowest BCUT2D eigenvalue weighted by molar-refractivity contribution is -0.274. The number of anilines is 2. The number of benzene rings is 2. The van der Waals surface area contributed by atoms with Crippen LogP contribution in [0.2, 0.25) is 0 Å². The fourth-order valence-electron chi connectivity index (χ4n) is 5.23. The molecule has 8 nitrogen and oxygen atoms in total. The van der Waals surface area contributed by atoms with Crippen molar-refractivity contribution in [1.29, 1.82) is 5.26 Å². The first kappa shape index (κ1) is 28.7. The van der Waals surface area contributed by atoms with Gasteiger partial charge in [-0.25, -0.2) is 9.37 Å². The highest BCUT2D eigenvalue weighted by Crippen LogP contribution is 2.29. The smallest absolute Gasteiger partial charge is 0.406 e. The van der Waals surface area contributed by atoms with Gasteiger partial charge in [0.1, 0.15) is 29.0 Å². The van der Waals surface area contributed by atoms with Crippen LogP contribution in [-0.4, -0.2) is 47.3 Å². The molecule has 1 aliphatic rings. The van der Waals surface area contributed by atoms with Crippen LogP contribution in [0.15, 0.2) is 60.8 Å². The lowest BCUT2D eigenvalue weighted by Gasteiger charge is -2.42. The minimum atomic E-state index is -4.75. The lowest BCUT2D eigenvalue weighted by Crippen LogP contribution is -2.52. The highest BCUT2D eigenvalue weighted by Gasteiger charge is 2.31. The highest BCUT2D eigenvalue weighted by atomic mass is 19.4. The molecule has 1 fully saturated rings. The van der Waals surface area contributed by atoms with Crippen LogP contribution in [0.1, 0.15) is 41.2 Å². The number of pyridine rings is 1. The third-order valence-electron chi connectivity index (χ3n) is 7.21. The molecule has 0 radical (unpaired) electrons. The summed E-state index contributed by atoms with van der Waals surface area (Å²) in [5, 5.41) is 12.1. The first-order valence-electron chi connectivity index (χ1n) is 13.4. The predicted molar refractivity (Wildman–Crippen MR) is 149 cm³/mol. The fraction of sp³-hybridized carbons (Fsp3) is 0.300. The Morgan fingerprint density at radius 1 is 1.14 bits per heavy atom. The van der Waals surface area contributed by atoms with Crippen LogP contribution >= 0.6 is 0 Å². The van der Waals surface area contributed by atoms with Gasteiger partial charge in [0, 0.05) is 44.1 Å². The van der Waals surface area contributed by atoms with E-state index in [0.29, 0.717) is 59.9 Å². The Balaban J connectivity index is 1.23. The first-order chi connectivity index (χ1) is 20.1. The number of nitrogens with one attached hydrogen (secondary N) is 1. The summed E-state index contributed by atoms with van der Waals surface area (Å²) in [6, 6.07) is 15.9. The van der Waals surface area contributed by atoms with E-state index in [0.717, 1.165) is 5.69 Å². The molecular weight excluding hydrogens is 552 g/mol. The van der Waals surface area contributed by atoms with Gasteiger partial charge in [0.05, 0.1) is 16.9 Å². The number of alkyl halides is 3. The molecule has 42 heavy (non-hydrogen) atoms. The number of fused-ring (bicyclic) bond motifs is 1. The monoisotopic (exact) mass is 580 g/mol. The quantitative estimate of drug-likeness (QED) is 0.293. The van der Waals surface area contributed by atoms with Gasteiger partial charge in [0.15, 0.2) is 0 Å². The zero-order chi connectivity index (χ0) is 30.0. The second kappa shape index (κ2) is 11.6. The Morgan fingerprint density at radius 2 is 1.90 bits per heavy atom. The third kappa shape index (κ3) is 6.10. The largest absolute Gasteiger partial charge is 0.573 e. The molecule has 1 N–H and O–H groups in total. The molecule has 0 spiro atoms. The number of imidazole rings is 1. The van der Waals surface area contributed by atoms with E-state index in [2.05, 4.69) is 26.0 Å².